The van der Waals surface area contributed by atoms with Gasteiger partial charge in [-0.3, -0.25) is 9.59 Å². The zero-order chi connectivity index (χ0) is 15.5. The molecule has 0 fully saturated rings. The third-order valence-corrected chi connectivity index (χ3v) is 3.34. The number of anilines is 1. The van der Waals surface area contributed by atoms with Crippen molar-refractivity contribution in [1.29, 1.82) is 0 Å². The van der Waals surface area contributed by atoms with Gasteiger partial charge in [0.15, 0.2) is 0 Å². The van der Waals surface area contributed by atoms with Crippen molar-refractivity contribution < 1.29 is 14.3 Å². The van der Waals surface area contributed by atoms with Gasteiger partial charge in [-0.25, -0.2) is 9.97 Å². The second-order valence-corrected chi connectivity index (χ2v) is 4.77. The van der Waals surface area contributed by atoms with Crippen LogP contribution in [0.3, 0.4) is 0 Å². The van der Waals surface area contributed by atoms with E-state index in [1.807, 2.05) is 0 Å². The zero-order valence-electron chi connectivity index (χ0n) is 11.9. The largest absolute Gasteiger partial charge is 0.492 e. The van der Waals surface area contributed by atoms with Crippen molar-refractivity contribution in [3.05, 3.63) is 47.5 Å². The highest BCUT2D eigenvalue weighted by Gasteiger charge is 2.23. The lowest BCUT2D eigenvalue weighted by Gasteiger charge is -2.10. The Balaban J connectivity index is 1.94. The average Bonchev–Trinajstić information content (AvgIpc) is 3.02. The van der Waals surface area contributed by atoms with Gasteiger partial charge in [0.25, 0.3) is 11.8 Å². The van der Waals surface area contributed by atoms with Gasteiger partial charge in [0.1, 0.15) is 12.1 Å². The summed E-state index contributed by atoms with van der Waals surface area (Å²) in [5.41, 5.74) is 2.11. The van der Waals surface area contributed by atoms with Crippen molar-refractivity contribution in [1.82, 2.24) is 15.3 Å². The molecule has 7 nitrogen and oxygen atoms in total. The predicted octanol–water partition coefficient (Wildman–Crippen LogP) is 1.02. The van der Waals surface area contributed by atoms with Gasteiger partial charge >= 0.3 is 0 Å². The summed E-state index contributed by atoms with van der Waals surface area (Å²) in [6, 6.07) is 3.27. The molecule has 0 spiro atoms. The van der Waals surface area contributed by atoms with Crippen LogP contribution in [-0.2, 0) is 6.42 Å². The summed E-state index contributed by atoms with van der Waals surface area (Å²) in [6.07, 6.45) is 5.06. The van der Waals surface area contributed by atoms with Gasteiger partial charge in [-0.15, -0.1) is 0 Å². The SMILES string of the molecule is CNC(=O)c1cc(C(=O)Nc2cncnc2)cc2c1OCC2. The summed E-state index contributed by atoms with van der Waals surface area (Å²) < 4.78 is 5.49. The van der Waals surface area contributed by atoms with E-state index in [1.54, 1.807) is 6.07 Å². The second kappa shape index (κ2) is 5.80. The Kier molecular flexibility index (Phi) is 3.69. The third kappa shape index (κ3) is 2.60. The van der Waals surface area contributed by atoms with Gasteiger partial charge in [-0.05, 0) is 17.7 Å². The molecule has 0 atom stereocenters. The zero-order valence-corrected chi connectivity index (χ0v) is 11.9. The lowest BCUT2D eigenvalue weighted by atomic mass is 10.0. The fourth-order valence-corrected chi connectivity index (χ4v) is 2.31. The summed E-state index contributed by atoms with van der Waals surface area (Å²) in [7, 11) is 1.54. The van der Waals surface area contributed by atoms with Crippen LogP contribution in [-0.4, -0.2) is 35.4 Å². The highest BCUT2D eigenvalue weighted by molar-refractivity contribution is 6.07. The van der Waals surface area contributed by atoms with E-state index in [0.717, 1.165) is 5.56 Å². The topological polar surface area (TPSA) is 93.2 Å². The molecule has 1 aromatic carbocycles. The monoisotopic (exact) mass is 298 g/mol. The summed E-state index contributed by atoms with van der Waals surface area (Å²) >= 11 is 0. The molecular weight excluding hydrogens is 284 g/mol. The molecule has 1 aliphatic rings. The first kappa shape index (κ1) is 14.0. The van der Waals surface area contributed by atoms with E-state index in [4.69, 9.17) is 4.74 Å². The quantitative estimate of drug-likeness (QED) is 0.882. The van der Waals surface area contributed by atoms with E-state index in [-0.39, 0.29) is 11.8 Å². The highest BCUT2D eigenvalue weighted by atomic mass is 16.5. The predicted molar refractivity (Wildman–Crippen MR) is 79.0 cm³/mol. The Bertz CT molecular complexity index is 731. The van der Waals surface area contributed by atoms with Crippen molar-refractivity contribution >= 4 is 17.5 Å². The smallest absolute Gasteiger partial charge is 0.255 e. The maximum atomic E-state index is 12.3. The van der Waals surface area contributed by atoms with Crippen LogP contribution >= 0.6 is 0 Å². The van der Waals surface area contributed by atoms with Crippen LogP contribution in [0.4, 0.5) is 5.69 Å². The number of hydrogen-bond acceptors (Lipinski definition) is 5. The molecule has 3 rings (SSSR count). The molecule has 2 aromatic rings. The molecule has 0 radical (unpaired) electrons. The Labute approximate surface area is 126 Å². The number of amides is 2. The number of nitrogens with one attached hydrogen (secondary N) is 2. The van der Waals surface area contributed by atoms with Gasteiger partial charge in [0.05, 0.1) is 30.3 Å². The van der Waals surface area contributed by atoms with E-state index in [9.17, 15) is 9.59 Å². The average molecular weight is 298 g/mol. The summed E-state index contributed by atoms with van der Waals surface area (Å²) in [5.74, 6) is -0.0514. The van der Waals surface area contributed by atoms with Gasteiger partial charge in [0, 0.05) is 19.0 Å². The van der Waals surface area contributed by atoms with E-state index < -0.39 is 0 Å². The summed E-state index contributed by atoms with van der Waals surface area (Å²) in [4.78, 5) is 32.0. The number of carbonyl (C=O) groups excluding carboxylic acids is 2. The van der Waals surface area contributed by atoms with E-state index >= 15 is 0 Å². The first-order valence-corrected chi connectivity index (χ1v) is 6.77. The van der Waals surface area contributed by atoms with Crippen molar-refractivity contribution in [3.63, 3.8) is 0 Å². The van der Waals surface area contributed by atoms with E-state index in [1.165, 1.54) is 31.8 Å². The molecule has 2 heterocycles. The molecule has 2 N–H and O–H groups in total. The van der Waals surface area contributed by atoms with E-state index in [2.05, 4.69) is 20.6 Å². The molecule has 1 aliphatic heterocycles. The molecule has 0 saturated heterocycles. The molecule has 0 bridgehead atoms. The lowest BCUT2D eigenvalue weighted by Crippen LogP contribution is -2.20. The number of aromatic nitrogens is 2. The van der Waals surface area contributed by atoms with Crippen LogP contribution in [0.15, 0.2) is 30.9 Å². The molecule has 2 amide bonds. The van der Waals surface area contributed by atoms with Crippen LogP contribution in [0.1, 0.15) is 26.3 Å². The normalized spacial score (nSPS) is 12.2. The molecule has 7 heteroatoms. The number of rotatable bonds is 3. The molecular formula is C15H14N4O3. The minimum atomic E-state index is -0.324. The number of ether oxygens (including phenoxy) is 1. The van der Waals surface area contributed by atoms with Crippen molar-refractivity contribution in [2.24, 2.45) is 0 Å². The number of carbonyl (C=O) groups is 2. The van der Waals surface area contributed by atoms with Crippen LogP contribution in [0.5, 0.6) is 5.75 Å². The van der Waals surface area contributed by atoms with Crippen molar-refractivity contribution in [2.45, 2.75) is 6.42 Å². The van der Waals surface area contributed by atoms with Crippen molar-refractivity contribution in [3.8, 4) is 5.75 Å². The fourth-order valence-electron chi connectivity index (χ4n) is 2.31. The fraction of sp³-hybridized carbons (Fsp3) is 0.200. The first-order chi connectivity index (χ1) is 10.7. The Morgan fingerprint density at radius 3 is 2.68 bits per heavy atom. The minimum absolute atomic E-state index is 0.282. The van der Waals surface area contributed by atoms with Crippen LogP contribution in [0.2, 0.25) is 0 Å². The van der Waals surface area contributed by atoms with E-state index in [0.29, 0.717) is 35.6 Å². The van der Waals surface area contributed by atoms with Crippen molar-refractivity contribution in [2.75, 3.05) is 19.0 Å². The second-order valence-electron chi connectivity index (χ2n) is 4.77. The molecule has 0 aliphatic carbocycles. The standard InChI is InChI=1S/C15H14N4O3/c1-16-15(21)12-5-10(4-9-2-3-22-13(9)12)14(20)19-11-6-17-8-18-7-11/h4-8H,2-3H2,1H3,(H,16,21)(H,19,20). The summed E-state index contributed by atoms with van der Waals surface area (Å²) in [5, 5.41) is 5.25. The Hall–Kier alpha value is -2.96. The minimum Gasteiger partial charge on any atom is -0.492 e. The number of fused-ring (bicyclic) bond motifs is 1. The first-order valence-electron chi connectivity index (χ1n) is 6.77. The molecule has 112 valence electrons. The van der Waals surface area contributed by atoms with Gasteiger partial charge in [-0.2, -0.15) is 0 Å². The summed E-state index contributed by atoms with van der Waals surface area (Å²) in [6.45, 7) is 0.511. The van der Waals surface area contributed by atoms with Gasteiger partial charge in [0.2, 0.25) is 0 Å². The maximum absolute atomic E-state index is 12.3. The molecule has 0 saturated carbocycles. The van der Waals surface area contributed by atoms with Crippen LogP contribution in [0.25, 0.3) is 0 Å². The molecule has 22 heavy (non-hydrogen) atoms. The molecule has 0 unspecified atom stereocenters. The third-order valence-electron chi connectivity index (χ3n) is 3.34. The lowest BCUT2D eigenvalue weighted by molar-refractivity contribution is 0.0960. The Morgan fingerprint density at radius 2 is 1.95 bits per heavy atom. The highest BCUT2D eigenvalue weighted by Crippen LogP contribution is 2.31. The Morgan fingerprint density at radius 1 is 1.18 bits per heavy atom. The maximum Gasteiger partial charge on any atom is 0.255 e. The van der Waals surface area contributed by atoms with Crippen LogP contribution < -0.4 is 15.4 Å². The van der Waals surface area contributed by atoms with Gasteiger partial charge in [-0.1, -0.05) is 0 Å². The van der Waals surface area contributed by atoms with Gasteiger partial charge < -0.3 is 15.4 Å². The molecule has 1 aromatic heterocycles. The number of nitrogens with zero attached hydrogens (tertiary/aromatic N) is 2. The number of hydrogen-bond donors (Lipinski definition) is 2. The number of benzene rings is 1. The van der Waals surface area contributed by atoms with Crippen LogP contribution in [0, 0.1) is 0 Å².